The number of hydrogen-bond acceptors (Lipinski definition) is 3. The molecule has 3 nitrogen and oxygen atoms in total. The zero-order chi connectivity index (χ0) is 12.2. The highest BCUT2D eigenvalue weighted by Crippen LogP contribution is 2.50. The maximum atomic E-state index is 5.78. The van der Waals surface area contributed by atoms with E-state index in [4.69, 9.17) is 15.5 Å². The zero-order valence-electron chi connectivity index (χ0n) is 10.4. The van der Waals surface area contributed by atoms with Crippen LogP contribution in [0.1, 0.15) is 24.0 Å². The first kappa shape index (κ1) is 10.4. The van der Waals surface area contributed by atoms with E-state index in [1.165, 1.54) is 24.0 Å². The summed E-state index contributed by atoms with van der Waals surface area (Å²) >= 11 is 0. The van der Waals surface area contributed by atoms with E-state index in [0.29, 0.717) is 24.5 Å². The van der Waals surface area contributed by atoms with Gasteiger partial charge in [0.2, 0.25) is 0 Å². The minimum Gasteiger partial charge on any atom is -0.463 e. The van der Waals surface area contributed by atoms with Gasteiger partial charge in [0.05, 0.1) is 0 Å². The van der Waals surface area contributed by atoms with E-state index in [1.54, 1.807) is 0 Å². The predicted octanol–water partition coefficient (Wildman–Crippen LogP) is 1.90. The highest BCUT2D eigenvalue weighted by atomic mass is 16.5. The second kappa shape index (κ2) is 3.50. The minimum absolute atomic E-state index is 0.0247. The Morgan fingerprint density at radius 3 is 2.22 bits per heavy atom. The average molecular weight is 242 g/mol. The zero-order valence-corrected chi connectivity index (χ0v) is 10.4. The fourth-order valence-corrected chi connectivity index (χ4v) is 4.16. The molecule has 1 aliphatic heterocycles. The first-order valence-electron chi connectivity index (χ1n) is 6.83. The topological polar surface area (TPSA) is 47.6 Å². The third-order valence-electron chi connectivity index (χ3n) is 5.10. The van der Waals surface area contributed by atoms with Gasteiger partial charge in [0, 0.05) is 0 Å². The molecule has 1 spiro atoms. The molecular weight excluding hydrogens is 224 g/mol. The summed E-state index contributed by atoms with van der Waals surface area (Å²) in [7, 11) is 0. The number of nitrogens with two attached hydrogens (primary N) is 1. The number of benzene rings is 1. The van der Waals surface area contributed by atoms with E-state index < -0.39 is 0 Å². The molecule has 94 valence electrons. The quantitative estimate of drug-likeness (QED) is 0.755. The molecule has 2 unspecified atom stereocenters. The van der Waals surface area contributed by atoms with E-state index in [1.807, 2.05) is 0 Å². The van der Waals surface area contributed by atoms with Crippen LogP contribution in [0.3, 0.4) is 0 Å². The normalized spacial score (nSPS) is 37.0. The lowest BCUT2D eigenvalue weighted by atomic mass is 9.80. The van der Waals surface area contributed by atoms with Crippen LogP contribution in [0.4, 0.5) is 0 Å². The Kier molecular flexibility index (Phi) is 2.02. The maximum absolute atomic E-state index is 5.78. The van der Waals surface area contributed by atoms with Gasteiger partial charge in [-0.2, -0.15) is 0 Å². The van der Waals surface area contributed by atoms with E-state index in [2.05, 4.69) is 24.3 Å². The van der Waals surface area contributed by atoms with Crippen molar-refractivity contribution in [1.29, 1.82) is 0 Å². The largest absolute Gasteiger partial charge is 0.463 e. The van der Waals surface area contributed by atoms with E-state index in [-0.39, 0.29) is 5.54 Å². The van der Waals surface area contributed by atoms with Crippen LogP contribution in [-0.2, 0) is 17.6 Å². The summed E-state index contributed by atoms with van der Waals surface area (Å²) in [5.41, 5.74) is 8.76. The molecule has 1 aromatic rings. The highest BCUT2D eigenvalue weighted by Gasteiger charge is 2.54. The summed E-state index contributed by atoms with van der Waals surface area (Å²) in [4.78, 5) is 4.72. The summed E-state index contributed by atoms with van der Waals surface area (Å²) in [6.45, 7) is 0.697. The summed E-state index contributed by atoms with van der Waals surface area (Å²) in [5, 5.41) is 0. The fourth-order valence-electron chi connectivity index (χ4n) is 4.16. The van der Waals surface area contributed by atoms with Crippen LogP contribution in [0.15, 0.2) is 29.3 Å². The number of nitrogens with zero attached hydrogens (tertiary/aromatic N) is 1. The van der Waals surface area contributed by atoms with Gasteiger partial charge in [0.15, 0.2) is 0 Å². The molecule has 1 aromatic carbocycles. The Balaban J connectivity index is 1.80. The predicted molar refractivity (Wildman–Crippen MR) is 70.4 cm³/mol. The van der Waals surface area contributed by atoms with Gasteiger partial charge in [-0.1, -0.05) is 24.3 Å². The Morgan fingerprint density at radius 1 is 1.11 bits per heavy atom. The van der Waals surface area contributed by atoms with Crippen molar-refractivity contribution >= 4 is 6.02 Å². The molecule has 1 fully saturated rings. The SMILES string of the molecule is NC1=NC2(CO1)C1CCC2Cc2ccccc2C1. The smallest absolute Gasteiger partial charge is 0.282 e. The summed E-state index contributed by atoms with van der Waals surface area (Å²) in [5.74, 6) is 1.21. The number of rotatable bonds is 0. The number of fused-ring (bicyclic) bond motifs is 1. The molecule has 2 atom stereocenters. The molecule has 18 heavy (non-hydrogen) atoms. The van der Waals surface area contributed by atoms with Crippen molar-refractivity contribution in [3.8, 4) is 0 Å². The van der Waals surface area contributed by atoms with Crippen molar-refractivity contribution in [1.82, 2.24) is 0 Å². The minimum atomic E-state index is -0.0247. The molecule has 3 aliphatic rings. The van der Waals surface area contributed by atoms with Gasteiger partial charge in [0.25, 0.3) is 6.02 Å². The second-order valence-electron chi connectivity index (χ2n) is 5.88. The molecule has 4 rings (SSSR count). The Bertz CT molecular complexity index is 490. The van der Waals surface area contributed by atoms with Crippen LogP contribution in [0.25, 0.3) is 0 Å². The standard InChI is InChI=1S/C15H18N2O/c16-14-17-15(9-18-14)12-5-6-13(15)8-11-4-2-1-3-10(11)7-12/h1-4,12-13H,5-9H2,(H2,16,17). The van der Waals surface area contributed by atoms with Crippen LogP contribution in [0.2, 0.25) is 0 Å². The third kappa shape index (κ3) is 1.27. The molecule has 0 radical (unpaired) electrons. The van der Waals surface area contributed by atoms with Crippen LogP contribution in [0.5, 0.6) is 0 Å². The Morgan fingerprint density at radius 2 is 1.72 bits per heavy atom. The van der Waals surface area contributed by atoms with Gasteiger partial charge in [-0.25, -0.2) is 4.99 Å². The molecule has 0 amide bonds. The first-order valence-corrected chi connectivity index (χ1v) is 6.83. The molecular formula is C15H18N2O. The number of hydrogen-bond donors (Lipinski definition) is 1. The van der Waals surface area contributed by atoms with Gasteiger partial charge >= 0.3 is 0 Å². The van der Waals surface area contributed by atoms with Gasteiger partial charge < -0.3 is 10.5 Å². The summed E-state index contributed by atoms with van der Waals surface area (Å²) in [6, 6.07) is 9.23. The lowest BCUT2D eigenvalue weighted by Gasteiger charge is -2.29. The van der Waals surface area contributed by atoms with Crippen molar-refractivity contribution in [3.63, 3.8) is 0 Å². The monoisotopic (exact) mass is 242 g/mol. The number of ether oxygens (including phenoxy) is 1. The lowest BCUT2D eigenvalue weighted by molar-refractivity contribution is 0.175. The Labute approximate surface area is 107 Å². The number of aliphatic imine (C=N–C) groups is 1. The van der Waals surface area contributed by atoms with E-state index in [9.17, 15) is 0 Å². The van der Waals surface area contributed by atoms with Gasteiger partial charge in [-0.3, -0.25) is 0 Å². The van der Waals surface area contributed by atoms with E-state index in [0.717, 1.165) is 12.8 Å². The number of amidine groups is 1. The molecule has 2 bridgehead atoms. The molecule has 0 aromatic heterocycles. The van der Waals surface area contributed by atoms with Gasteiger partial charge in [-0.15, -0.1) is 0 Å². The first-order chi connectivity index (χ1) is 8.78. The lowest BCUT2D eigenvalue weighted by Crippen LogP contribution is -2.40. The molecule has 2 aliphatic carbocycles. The molecule has 0 saturated heterocycles. The maximum Gasteiger partial charge on any atom is 0.282 e. The van der Waals surface area contributed by atoms with Crippen LogP contribution in [0, 0.1) is 11.8 Å². The van der Waals surface area contributed by atoms with Crippen LogP contribution < -0.4 is 5.73 Å². The van der Waals surface area contributed by atoms with E-state index >= 15 is 0 Å². The van der Waals surface area contributed by atoms with Crippen LogP contribution in [-0.4, -0.2) is 18.2 Å². The average Bonchev–Trinajstić information content (AvgIpc) is 2.83. The van der Waals surface area contributed by atoms with Gasteiger partial charge in [-0.05, 0) is 48.6 Å². The fraction of sp³-hybridized carbons (Fsp3) is 0.533. The van der Waals surface area contributed by atoms with Gasteiger partial charge in [0.1, 0.15) is 12.1 Å². The second-order valence-corrected chi connectivity index (χ2v) is 5.88. The third-order valence-corrected chi connectivity index (χ3v) is 5.10. The van der Waals surface area contributed by atoms with Crippen molar-refractivity contribution in [3.05, 3.63) is 35.4 Å². The Hall–Kier alpha value is -1.51. The molecule has 1 heterocycles. The van der Waals surface area contributed by atoms with Crippen molar-refractivity contribution in [2.75, 3.05) is 6.61 Å². The summed E-state index contributed by atoms with van der Waals surface area (Å²) in [6.07, 6.45) is 4.79. The molecule has 2 N–H and O–H groups in total. The van der Waals surface area contributed by atoms with Crippen LogP contribution >= 0.6 is 0 Å². The van der Waals surface area contributed by atoms with Crippen molar-refractivity contribution < 1.29 is 4.74 Å². The van der Waals surface area contributed by atoms with Crippen molar-refractivity contribution in [2.24, 2.45) is 22.6 Å². The highest BCUT2D eigenvalue weighted by molar-refractivity contribution is 5.74. The van der Waals surface area contributed by atoms with Crippen molar-refractivity contribution in [2.45, 2.75) is 31.2 Å². The molecule has 1 saturated carbocycles. The summed E-state index contributed by atoms with van der Waals surface area (Å²) < 4.78 is 5.51. The molecule has 3 heteroatoms.